The Kier molecular flexibility index (Phi) is 6.53. The molecule has 35 heavy (non-hydrogen) atoms. The number of nitrogens with one attached hydrogen (secondary N) is 2. The zero-order chi connectivity index (χ0) is 24.0. The Hall–Kier alpha value is -4.44. The van der Waals surface area contributed by atoms with Crippen molar-refractivity contribution in [2.24, 2.45) is 0 Å². The molecule has 0 bridgehead atoms. The molecule has 4 heteroatoms. The second-order valence-corrected chi connectivity index (χ2v) is 8.49. The van der Waals surface area contributed by atoms with Crippen LogP contribution in [0.4, 0.5) is 0 Å². The third-order valence-corrected chi connectivity index (χ3v) is 6.43. The number of aromatic nitrogens is 4. The Morgan fingerprint density at radius 1 is 0.714 bits per heavy atom. The van der Waals surface area contributed by atoms with Crippen molar-refractivity contribution in [1.82, 2.24) is 19.9 Å². The van der Waals surface area contributed by atoms with Crippen LogP contribution in [0.1, 0.15) is 42.3 Å². The standard InChI is InChI=1S/C16H14N2.C15H14N2/c1-2-13(16-10-17-11-18-16)15-9-5-7-12-6-3-4-8-14(12)15;1-11(15-9-16-10-17-15)13-8-4-6-12-5-2-3-7-14(12)13/h2-11H,1H3,(H,17,18);2-11H,1H3,(H,16,17)/b13-2-;. The third kappa shape index (κ3) is 4.64. The lowest BCUT2D eigenvalue weighted by atomic mass is 9.93. The summed E-state index contributed by atoms with van der Waals surface area (Å²) < 4.78 is 0. The van der Waals surface area contributed by atoms with E-state index in [1.54, 1.807) is 12.7 Å². The molecule has 4 nitrogen and oxygen atoms in total. The molecule has 0 aliphatic carbocycles. The molecule has 2 N–H and O–H groups in total. The van der Waals surface area contributed by atoms with Crippen molar-refractivity contribution in [3.05, 3.63) is 139 Å². The Labute approximate surface area is 205 Å². The molecule has 2 aromatic heterocycles. The van der Waals surface area contributed by atoms with Crippen molar-refractivity contribution < 1.29 is 0 Å². The lowest BCUT2D eigenvalue weighted by Crippen LogP contribution is -1.97. The minimum Gasteiger partial charge on any atom is -0.348 e. The average Bonchev–Trinajstić information content (AvgIpc) is 3.64. The number of benzene rings is 4. The van der Waals surface area contributed by atoms with Gasteiger partial charge < -0.3 is 9.97 Å². The molecule has 0 aliphatic heterocycles. The van der Waals surface area contributed by atoms with Gasteiger partial charge in [0.15, 0.2) is 0 Å². The summed E-state index contributed by atoms with van der Waals surface area (Å²) in [6.45, 7) is 4.26. The molecule has 172 valence electrons. The van der Waals surface area contributed by atoms with Crippen LogP contribution in [-0.2, 0) is 0 Å². The normalized spacial score (nSPS) is 12.3. The molecule has 0 radical (unpaired) electrons. The predicted octanol–water partition coefficient (Wildman–Crippen LogP) is 7.73. The second-order valence-electron chi connectivity index (χ2n) is 8.49. The maximum absolute atomic E-state index is 4.10. The smallest absolute Gasteiger partial charge is 0.0924 e. The number of nitrogens with zero attached hydrogens (tertiary/aromatic N) is 2. The SMILES string of the molecule is C/C=C(\c1cnc[nH]1)c1cccc2ccccc12.CC(c1cnc[nH]1)c1cccc2ccccc12. The largest absolute Gasteiger partial charge is 0.348 e. The van der Waals surface area contributed by atoms with Gasteiger partial charge in [0.25, 0.3) is 0 Å². The minimum absolute atomic E-state index is 0.337. The number of fused-ring (bicyclic) bond motifs is 2. The zero-order valence-corrected chi connectivity index (χ0v) is 19.9. The quantitative estimate of drug-likeness (QED) is 0.285. The van der Waals surface area contributed by atoms with Crippen molar-refractivity contribution >= 4 is 27.1 Å². The first-order valence-electron chi connectivity index (χ1n) is 11.9. The van der Waals surface area contributed by atoms with E-state index in [0.29, 0.717) is 5.92 Å². The number of imidazole rings is 2. The number of hydrogen-bond acceptors (Lipinski definition) is 2. The molecule has 1 unspecified atom stereocenters. The van der Waals surface area contributed by atoms with Crippen LogP contribution < -0.4 is 0 Å². The first-order chi connectivity index (χ1) is 17.3. The highest BCUT2D eigenvalue weighted by Gasteiger charge is 2.12. The van der Waals surface area contributed by atoms with E-state index in [9.17, 15) is 0 Å². The van der Waals surface area contributed by atoms with Gasteiger partial charge in [-0.2, -0.15) is 0 Å². The van der Waals surface area contributed by atoms with E-state index in [0.717, 1.165) is 11.4 Å². The van der Waals surface area contributed by atoms with Crippen molar-refractivity contribution in [1.29, 1.82) is 0 Å². The van der Waals surface area contributed by atoms with Gasteiger partial charge in [-0.3, -0.25) is 0 Å². The van der Waals surface area contributed by atoms with Gasteiger partial charge in [-0.25, -0.2) is 9.97 Å². The van der Waals surface area contributed by atoms with Crippen molar-refractivity contribution in [3.8, 4) is 0 Å². The molecule has 6 aromatic rings. The molecular formula is C31H28N4. The molecular weight excluding hydrogens is 428 g/mol. The molecule has 2 heterocycles. The van der Waals surface area contributed by atoms with E-state index in [1.165, 1.54) is 38.2 Å². The Morgan fingerprint density at radius 3 is 2.03 bits per heavy atom. The lowest BCUT2D eigenvalue weighted by molar-refractivity contribution is 0.892. The van der Waals surface area contributed by atoms with E-state index in [2.05, 4.69) is 125 Å². The van der Waals surface area contributed by atoms with E-state index < -0.39 is 0 Å². The van der Waals surface area contributed by atoms with Crippen molar-refractivity contribution in [2.75, 3.05) is 0 Å². The highest BCUT2D eigenvalue weighted by molar-refractivity contribution is 5.97. The number of aromatic amines is 2. The number of rotatable bonds is 4. The van der Waals surface area contributed by atoms with E-state index in [1.807, 2.05) is 12.4 Å². The molecule has 0 saturated heterocycles. The average molecular weight is 457 g/mol. The first kappa shape index (κ1) is 22.4. The van der Waals surface area contributed by atoms with Gasteiger partial charge in [0.05, 0.1) is 24.5 Å². The highest BCUT2D eigenvalue weighted by atomic mass is 14.9. The van der Waals surface area contributed by atoms with Crippen molar-refractivity contribution in [2.45, 2.75) is 19.8 Å². The maximum atomic E-state index is 4.10. The van der Waals surface area contributed by atoms with Crippen LogP contribution >= 0.6 is 0 Å². The Bertz CT molecular complexity index is 1550. The second kappa shape index (κ2) is 10.2. The van der Waals surface area contributed by atoms with Crippen LogP contribution in [0.25, 0.3) is 27.1 Å². The van der Waals surface area contributed by atoms with Crippen LogP contribution in [0.15, 0.2) is 116 Å². The first-order valence-corrected chi connectivity index (χ1v) is 11.9. The highest BCUT2D eigenvalue weighted by Crippen LogP contribution is 2.30. The summed E-state index contributed by atoms with van der Waals surface area (Å²) in [5.74, 6) is 0.337. The molecule has 0 aliphatic rings. The summed E-state index contributed by atoms with van der Waals surface area (Å²) in [5, 5.41) is 5.13. The van der Waals surface area contributed by atoms with E-state index in [4.69, 9.17) is 0 Å². The van der Waals surface area contributed by atoms with E-state index >= 15 is 0 Å². The van der Waals surface area contributed by atoms with Gasteiger partial charge in [0, 0.05) is 23.4 Å². The van der Waals surface area contributed by atoms with Crippen LogP contribution in [0, 0.1) is 0 Å². The Morgan fingerprint density at radius 2 is 1.34 bits per heavy atom. The van der Waals surface area contributed by atoms with Gasteiger partial charge in [0.2, 0.25) is 0 Å². The van der Waals surface area contributed by atoms with Gasteiger partial charge in [-0.1, -0.05) is 97.9 Å². The van der Waals surface area contributed by atoms with Crippen LogP contribution in [0.3, 0.4) is 0 Å². The summed E-state index contributed by atoms with van der Waals surface area (Å²) in [4.78, 5) is 14.6. The molecule has 0 amide bonds. The number of allylic oxidation sites excluding steroid dienone is 1. The van der Waals surface area contributed by atoms with Gasteiger partial charge in [-0.15, -0.1) is 0 Å². The van der Waals surface area contributed by atoms with Gasteiger partial charge in [0.1, 0.15) is 0 Å². The lowest BCUT2D eigenvalue weighted by Gasteiger charge is -2.12. The summed E-state index contributed by atoms with van der Waals surface area (Å²) in [6, 6.07) is 29.8. The minimum atomic E-state index is 0.337. The van der Waals surface area contributed by atoms with E-state index in [-0.39, 0.29) is 0 Å². The summed E-state index contributed by atoms with van der Waals surface area (Å²) in [6.07, 6.45) is 9.32. The Balaban J connectivity index is 0.000000145. The fourth-order valence-electron chi connectivity index (χ4n) is 4.62. The van der Waals surface area contributed by atoms with Crippen LogP contribution in [-0.4, -0.2) is 19.9 Å². The summed E-state index contributed by atoms with van der Waals surface area (Å²) in [7, 11) is 0. The number of H-pyrrole nitrogens is 2. The van der Waals surface area contributed by atoms with Crippen molar-refractivity contribution in [3.63, 3.8) is 0 Å². The fraction of sp³-hybridized carbons (Fsp3) is 0.0968. The molecule has 0 spiro atoms. The zero-order valence-electron chi connectivity index (χ0n) is 19.9. The molecule has 1 atom stereocenters. The summed E-state index contributed by atoms with van der Waals surface area (Å²) in [5.41, 5.74) is 5.96. The maximum Gasteiger partial charge on any atom is 0.0924 e. The van der Waals surface area contributed by atoms with Gasteiger partial charge in [-0.05, 0) is 39.6 Å². The third-order valence-electron chi connectivity index (χ3n) is 6.43. The van der Waals surface area contributed by atoms with Crippen LogP contribution in [0.2, 0.25) is 0 Å². The molecule has 6 rings (SSSR count). The number of hydrogen-bond donors (Lipinski definition) is 2. The topological polar surface area (TPSA) is 57.4 Å². The fourth-order valence-corrected chi connectivity index (χ4v) is 4.62. The molecule has 0 saturated carbocycles. The predicted molar refractivity (Wildman–Crippen MR) is 145 cm³/mol. The molecule has 4 aromatic carbocycles. The van der Waals surface area contributed by atoms with Crippen LogP contribution in [0.5, 0.6) is 0 Å². The monoisotopic (exact) mass is 456 g/mol. The molecule has 0 fully saturated rings. The summed E-state index contributed by atoms with van der Waals surface area (Å²) >= 11 is 0. The van der Waals surface area contributed by atoms with Gasteiger partial charge >= 0.3 is 0 Å².